The van der Waals surface area contributed by atoms with Gasteiger partial charge in [0.1, 0.15) is 0 Å². The van der Waals surface area contributed by atoms with Crippen LogP contribution >= 0.6 is 0 Å². The molecular formula is C10H20N2O. The van der Waals surface area contributed by atoms with Crippen molar-refractivity contribution in [3.63, 3.8) is 0 Å². The van der Waals surface area contributed by atoms with Gasteiger partial charge < -0.3 is 11.1 Å². The first-order valence-corrected chi connectivity index (χ1v) is 5.30. The minimum absolute atomic E-state index is 0.0359. The van der Waals surface area contributed by atoms with Crippen molar-refractivity contribution in [3.8, 4) is 0 Å². The van der Waals surface area contributed by atoms with Crippen LogP contribution in [0.4, 0.5) is 0 Å². The second-order valence-electron chi connectivity index (χ2n) is 3.89. The lowest BCUT2D eigenvalue weighted by molar-refractivity contribution is -0.123. The van der Waals surface area contributed by atoms with E-state index in [0.717, 1.165) is 25.7 Å². The molecule has 76 valence electrons. The van der Waals surface area contributed by atoms with Gasteiger partial charge in [-0.15, -0.1) is 0 Å². The Balaban J connectivity index is 2.22. The van der Waals surface area contributed by atoms with E-state index in [1.165, 1.54) is 12.8 Å². The van der Waals surface area contributed by atoms with Gasteiger partial charge in [0, 0.05) is 6.04 Å². The van der Waals surface area contributed by atoms with Gasteiger partial charge in [0.2, 0.25) is 5.91 Å². The van der Waals surface area contributed by atoms with Crippen molar-refractivity contribution in [2.45, 2.75) is 57.5 Å². The first kappa shape index (κ1) is 10.5. The fourth-order valence-electron chi connectivity index (χ4n) is 1.82. The zero-order chi connectivity index (χ0) is 9.68. The van der Waals surface area contributed by atoms with Gasteiger partial charge in [-0.25, -0.2) is 0 Å². The lowest BCUT2D eigenvalue weighted by Crippen LogP contribution is -2.44. The molecule has 0 spiro atoms. The summed E-state index contributed by atoms with van der Waals surface area (Å²) >= 11 is 0. The number of rotatable bonds is 4. The van der Waals surface area contributed by atoms with E-state index in [2.05, 4.69) is 5.32 Å². The van der Waals surface area contributed by atoms with Crippen LogP contribution in [0.5, 0.6) is 0 Å². The Kier molecular flexibility index (Phi) is 4.22. The summed E-state index contributed by atoms with van der Waals surface area (Å²) in [5.74, 6) is 0.0359. The highest BCUT2D eigenvalue weighted by Gasteiger charge is 2.19. The SMILES string of the molecule is CCC[C@@H](N)C(=O)NC1CCCC1. The second kappa shape index (κ2) is 5.22. The van der Waals surface area contributed by atoms with Crippen molar-refractivity contribution in [3.05, 3.63) is 0 Å². The van der Waals surface area contributed by atoms with Gasteiger partial charge in [-0.3, -0.25) is 4.79 Å². The molecule has 1 aliphatic carbocycles. The number of amides is 1. The van der Waals surface area contributed by atoms with Crippen LogP contribution in [0.25, 0.3) is 0 Å². The summed E-state index contributed by atoms with van der Waals surface area (Å²) in [5.41, 5.74) is 5.69. The van der Waals surface area contributed by atoms with Crippen molar-refractivity contribution < 1.29 is 4.79 Å². The van der Waals surface area contributed by atoms with Crippen LogP contribution in [0.15, 0.2) is 0 Å². The molecule has 3 heteroatoms. The summed E-state index contributed by atoms with van der Waals surface area (Å²) in [4.78, 5) is 11.5. The lowest BCUT2D eigenvalue weighted by atomic mass is 10.1. The Bertz CT molecular complexity index is 164. The van der Waals surface area contributed by atoms with E-state index in [1.807, 2.05) is 6.92 Å². The van der Waals surface area contributed by atoms with Crippen LogP contribution in [0, 0.1) is 0 Å². The Morgan fingerprint density at radius 1 is 1.54 bits per heavy atom. The van der Waals surface area contributed by atoms with Crippen molar-refractivity contribution in [2.75, 3.05) is 0 Å². The first-order chi connectivity index (χ1) is 6.24. The van der Waals surface area contributed by atoms with Crippen LogP contribution in [-0.4, -0.2) is 18.0 Å². The van der Waals surface area contributed by atoms with Crippen molar-refractivity contribution >= 4 is 5.91 Å². The van der Waals surface area contributed by atoms with Gasteiger partial charge in [-0.05, 0) is 19.3 Å². The van der Waals surface area contributed by atoms with Gasteiger partial charge in [-0.1, -0.05) is 26.2 Å². The van der Waals surface area contributed by atoms with Gasteiger partial charge in [0.05, 0.1) is 6.04 Å². The normalized spacial score (nSPS) is 20.2. The van der Waals surface area contributed by atoms with Crippen LogP contribution in [0.3, 0.4) is 0 Å². The predicted octanol–water partition coefficient (Wildman–Crippen LogP) is 1.17. The average Bonchev–Trinajstić information content (AvgIpc) is 2.57. The van der Waals surface area contributed by atoms with E-state index >= 15 is 0 Å². The highest BCUT2D eigenvalue weighted by Crippen LogP contribution is 2.17. The van der Waals surface area contributed by atoms with Crippen molar-refractivity contribution in [1.29, 1.82) is 0 Å². The van der Waals surface area contributed by atoms with Crippen LogP contribution in [-0.2, 0) is 4.79 Å². The molecule has 13 heavy (non-hydrogen) atoms. The summed E-state index contributed by atoms with van der Waals surface area (Å²) in [6.45, 7) is 2.04. The van der Waals surface area contributed by atoms with E-state index < -0.39 is 0 Å². The second-order valence-corrected chi connectivity index (χ2v) is 3.89. The number of hydrogen-bond acceptors (Lipinski definition) is 2. The topological polar surface area (TPSA) is 55.1 Å². The summed E-state index contributed by atoms with van der Waals surface area (Å²) < 4.78 is 0. The number of hydrogen-bond donors (Lipinski definition) is 2. The predicted molar refractivity (Wildman–Crippen MR) is 53.3 cm³/mol. The zero-order valence-corrected chi connectivity index (χ0v) is 8.38. The molecule has 1 atom stereocenters. The van der Waals surface area contributed by atoms with Crippen LogP contribution in [0.1, 0.15) is 45.4 Å². The molecule has 1 rings (SSSR count). The van der Waals surface area contributed by atoms with Crippen molar-refractivity contribution in [2.24, 2.45) is 5.73 Å². The third-order valence-corrected chi connectivity index (χ3v) is 2.64. The fraction of sp³-hybridized carbons (Fsp3) is 0.900. The molecule has 0 aromatic rings. The Labute approximate surface area is 80.1 Å². The molecule has 0 unspecified atom stereocenters. The van der Waals surface area contributed by atoms with Crippen LogP contribution in [0.2, 0.25) is 0 Å². The van der Waals surface area contributed by atoms with Gasteiger partial charge in [0.25, 0.3) is 0 Å². The summed E-state index contributed by atoms with van der Waals surface area (Å²) in [7, 11) is 0. The molecule has 3 nitrogen and oxygen atoms in total. The molecule has 0 saturated heterocycles. The highest BCUT2D eigenvalue weighted by molar-refractivity contribution is 5.81. The van der Waals surface area contributed by atoms with E-state index in [-0.39, 0.29) is 11.9 Å². The minimum atomic E-state index is -0.300. The Morgan fingerprint density at radius 3 is 2.69 bits per heavy atom. The van der Waals surface area contributed by atoms with Crippen LogP contribution < -0.4 is 11.1 Å². The monoisotopic (exact) mass is 184 g/mol. The third-order valence-electron chi connectivity index (χ3n) is 2.64. The smallest absolute Gasteiger partial charge is 0.237 e. The zero-order valence-electron chi connectivity index (χ0n) is 8.38. The molecular weight excluding hydrogens is 164 g/mol. The maximum absolute atomic E-state index is 11.5. The lowest BCUT2D eigenvalue weighted by Gasteiger charge is -2.15. The molecule has 0 radical (unpaired) electrons. The Hall–Kier alpha value is -0.570. The molecule has 1 fully saturated rings. The summed E-state index contributed by atoms with van der Waals surface area (Å²) in [5, 5.41) is 3.00. The number of carbonyl (C=O) groups excluding carboxylic acids is 1. The number of carbonyl (C=O) groups is 1. The van der Waals surface area contributed by atoms with Gasteiger partial charge >= 0.3 is 0 Å². The fourth-order valence-corrected chi connectivity index (χ4v) is 1.82. The number of nitrogens with two attached hydrogens (primary N) is 1. The number of nitrogens with one attached hydrogen (secondary N) is 1. The first-order valence-electron chi connectivity index (χ1n) is 5.30. The molecule has 1 aliphatic rings. The minimum Gasteiger partial charge on any atom is -0.352 e. The van der Waals surface area contributed by atoms with Gasteiger partial charge in [-0.2, -0.15) is 0 Å². The molecule has 1 saturated carbocycles. The quantitative estimate of drug-likeness (QED) is 0.689. The maximum Gasteiger partial charge on any atom is 0.237 e. The summed E-state index contributed by atoms with van der Waals surface area (Å²) in [6, 6.07) is 0.0982. The molecule has 0 aliphatic heterocycles. The van der Waals surface area contributed by atoms with Gasteiger partial charge in [0.15, 0.2) is 0 Å². The van der Waals surface area contributed by atoms with E-state index in [9.17, 15) is 4.79 Å². The standard InChI is InChI=1S/C10H20N2O/c1-2-5-9(11)10(13)12-8-6-3-4-7-8/h8-9H,2-7,11H2,1H3,(H,12,13)/t9-/m1/s1. The molecule has 0 heterocycles. The van der Waals surface area contributed by atoms with Crippen molar-refractivity contribution in [1.82, 2.24) is 5.32 Å². The molecule has 3 N–H and O–H groups in total. The Morgan fingerprint density at radius 2 is 2.15 bits per heavy atom. The maximum atomic E-state index is 11.5. The highest BCUT2D eigenvalue weighted by atomic mass is 16.2. The molecule has 1 amide bonds. The molecule has 0 bridgehead atoms. The summed E-state index contributed by atoms with van der Waals surface area (Å²) in [6.07, 6.45) is 6.51. The third kappa shape index (κ3) is 3.35. The molecule has 0 aromatic heterocycles. The van der Waals surface area contributed by atoms with E-state index in [4.69, 9.17) is 5.73 Å². The average molecular weight is 184 g/mol. The molecule has 0 aromatic carbocycles. The van der Waals surface area contributed by atoms with E-state index in [1.54, 1.807) is 0 Å². The largest absolute Gasteiger partial charge is 0.352 e. The van der Waals surface area contributed by atoms with E-state index in [0.29, 0.717) is 6.04 Å².